The van der Waals surface area contributed by atoms with Gasteiger partial charge in [0, 0.05) is 30.7 Å². The lowest BCUT2D eigenvalue weighted by atomic mass is 10.0. The summed E-state index contributed by atoms with van der Waals surface area (Å²) in [6.45, 7) is 5.21. The van der Waals surface area contributed by atoms with E-state index in [0.717, 1.165) is 18.6 Å². The van der Waals surface area contributed by atoms with Gasteiger partial charge in [-0.1, -0.05) is 0 Å². The van der Waals surface area contributed by atoms with Crippen molar-refractivity contribution in [3.63, 3.8) is 0 Å². The van der Waals surface area contributed by atoms with Crippen molar-refractivity contribution in [1.82, 2.24) is 15.5 Å². The highest BCUT2D eigenvalue weighted by atomic mass is 16.5. The van der Waals surface area contributed by atoms with Crippen LogP contribution in [0.4, 0.5) is 4.79 Å². The highest BCUT2D eigenvalue weighted by Gasteiger charge is 2.24. The first kappa shape index (κ1) is 17.1. The van der Waals surface area contributed by atoms with E-state index in [1.807, 2.05) is 13.8 Å². The maximum Gasteiger partial charge on any atom is 0.317 e. The molecular formula is C17H25N3O3. The number of urea groups is 1. The second kappa shape index (κ2) is 7.85. The van der Waals surface area contributed by atoms with Crippen LogP contribution in [0.2, 0.25) is 0 Å². The maximum absolute atomic E-state index is 12.2. The second-order valence-corrected chi connectivity index (χ2v) is 6.07. The zero-order chi connectivity index (χ0) is 16.8. The van der Waals surface area contributed by atoms with E-state index in [4.69, 9.17) is 4.74 Å². The third-order valence-corrected chi connectivity index (χ3v) is 3.88. The van der Waals surface area contributed by atoms with Gasteiger partial charge in [-0.2, -0.15) is 0 Å². The van der Waals surface area contributed by atoms with Crippen LogP contribution in [0.25, 0.3) is 0 Å². The minimum absolute atomic E-state index is 0.0278. The molecule has 1 fully saturated rings. The van der Waals surface area contributed by atoms with Crippen molar-refractivity contribution >= 4 is 11.9 Å². The molecule has 2 rings (SSSR count). The molecule has 1 aliphatic heterocycles. The van der Waals surface area contributed by atoms with Crippen molar-refractivity contribution in [2.75, 3.05) is 20.2 Å². The maximum atomic E-state index is 12.2. The van der Waals surface area contributed by atoms with Gasteiger partial charge in [-0.05, 0) is 51.0 Å². The quantitative estimate of drug-likeness (QED) is 0.892. The van der Waals surface area contributed by atoms with E-state index >= 15 is 0 Å². The number of methoxy groups -OCH3 is 1. The molecule has 1 aliphatic rings. The van der Waals surface area contributed by atoms with Crippen molar-refractivity contribution in [3.05, 3.63) is 29.8 Å². The Bertz CT molecular complexity index is 535. The number of amides is 3. The molecule has 0 spiro atoms. The fourth-order valence-electron chi connectivity index (χ4n) is 2.58. The Morgan fingerprint density at radius 3 is 2.30 bits per heavy atom. The minimum atomic E-state index is -0.0854. The zero-order valence-corrected chi connectivity index (χ0v) is 14.0. The average Bonchev–Trinajstić information content (AvgIpc) is 2.55. The molecule has 1 heterocycles. The number of nitrogens with zero attached hydrogens (tertiary/aromatic N) is 1. The van der Waals surface area contributed by atoms with Crippen molar-refractivity contribution in [1.29, 1.82) is 0 Å². The monoisotopic (exact) mass is 319 g/mol. The van der Waals surface area contributed by atoms with E-state index in [-0.39, 0.29) is 24.0 Å². The van der Waals surface area contributed by atoms with Gasteiger partial charge in [0.25, 0.3) is 5.91 Å². The highest BCUT2D eigenvalue weighted by Crippen LogP contribution is 2.14. The molecule has 2 N–H and O–H groups in total. The standard InChI is InChI=1S/C17H25N3O3/c1-12(2)18-17(22)20-10-8-14(9-11-20)19-16(21)13-4-6-15(23-3)7-5-13/h4-7,12,14H,8-11H2,1-3H3,(H,18,22)(H,19,21). The molecule has 1 saturated heterocycles. The van der Waals surface area contributed by atoms with Crippen molar-refractivity contribution in [2.45, 2.75) is 38.8 Å². The summed E-state index contributed by atoms with van der Waals surface area (Å²) in [6, 6.07) is 7.25. The Balaban J connectivity index is 1.81. The van der Waals surface area contributed by atoms with Gasteiger partial charge in [0.1, 0.15) is 5.75 Å². The number of rotatable bonds is 4. The van der Waals surface area contributed by atoms with E-state index in [1.165, 1.54) is 0 Å². The molecule has 0 unspecified atom stereocenters. The van der Waals surface area contributed by atoms with Gasteiger partial charge >= 0.3 is 6.03 Å². The summed E-state index contributed by atoms with van der Waals surface area (Å²) in [4.78, 5) is 26.0. The lowest BCUT2D eigenvalue weighted by Crippen LogP contribution is -2.50. The summed E-state index contributed by atoms with van der Waals surface area (Å²) in [6.07, 6.45) is 1.54. The molecule has 0 aliphatic carbocycles. The van der Waals surface area contributed by atoms with Crippen LogP contribution < -0.4 is 15.4 Å². The van der Waals surface area contributed by atoms with E-state index in [0.29, 0.717) is 18.7 Å². The van der Waals surface area contributed by atoms with Gasteiger partial charge in [0.2, 0.25) is 0 Å². The number of benzene rings is 1. The van der Waals surface area contributed by atoms with E-state index in [1.54, 1.807) is 36.3 Å². The Labute approximate surface area is 137 Å². The SMILES string of the molecule is COc1ccc(C(=O)NC2CCN(C(=O)NC(C)C)CC2)cc1. The molecular weight excluding hydrogens is 294 g/mol. The predicted molar refractivity (Wildman–Crippen MR) is 88.7 cm³/mol. The van der Waals surface area contributed by atoms with Gasteiger partial charge in [-0.25, -0.2) is 4.79 Å². The third kappa shape index (κ3) is 4.87. The minimum Gasteiger partial charge on any atom is -0.497 e. The molecule has 23 heavy (non-hydrogen) atoms. The van der Waals surface area contributed by atoms with Crippen LogP contribution in [0.15, 0.2) is 24.3 Å². The van der Waals surface area contributed by atoms with E-state index < -0.39 is 0 Å². The van der Waals surface area contributed by atoms with Gasteiger partial charge in [0.05, 0.1) is 7.11 Å². The number of hydrogen-bond donors (Lipinski definition) is 2. The van der Waals surface area contributed by atoms with Crippen molar-refractivity contribution in [2.24, 2.45) is 0 Å². The normalized spacial score (nSPS) is 15.4. The van der Waals surface area contributed by atoms with Crippen LogP contribution >= 0.6 is 0 Å². The molecule has 1 aromatic rings. The predicted octanol–water partition coefficient (Wildman–Crippen LogP) is 2.01. The Kier molecular flexibility index (Phi) is 5.84. The largest absolute Gasteiger partial charge is 0.497 e. The Morgan fingerprint density at radius 2 is 1.78 bits per heavy atom. The topological polar surface area (TPSA) is 70.7 Å². The molecule has 0 radical (unpaired) electrons. The van der Waals surface area contributed by atoms with Crippen LogP contribution in [-0.4, -0.2) is 49.1 Å². The van der Waals surface area contributed by atoms with Gasteiger partial charge in [-0.15, -0.1) is 0 Å². The first-order valence-electron chi connectivity index (χ1n) is 8.00. The smallest absolute Gasteiger partial charge is 0.317 e. The average molecular weight is 319 g/mol. The van der Waals surface area contributed by atoms with E-state index in [9.17, 15) is 9.59 Å². The van der Waals surface area contributed by atoms with Crippen LogP contribution in [-0.2, 0) is 0 Å². The third-order valence-electron chi connectivity index (χ3n) is 3.88. The molecule has 0 aromatic heterocycles. The molecule has 126 valence electrons. The molecule has 0 atom stereocenters. The van der Waals surface area contributed by atoms with Gasteiger partial charge < -0.3 is 20.3 Å². The van der Waals surface area contributed by atoms with Crippen LogP contribution in [0.5, 0.6) is 5.75 Å². The zero-order valence-electron chi connectivity index (χ0n) is 14.0. The Hall–Kier alpha value is -2.24. The molecule has 1 aromatic carbocycles. The fraction of sp³-hybridized carbons (Fsp3) is 0.529. The summed E-state index contributed by atoms with van der Waals surface area (Å²) >= 11 is 0. The summed E-state index contributed by atoms with van der Waals surface area (Å²) in [5, 5.41) is 5.93. The van der Waals surface area contributed by atoms with Crippen LogP contribution in [0.1, 0.15) is 37.0 Å². The molecule has 6 nitrogen and oxygen atoms in total. The Morgan fingerprint density at radius 1 is 1.17 bits per heavy atom. The summed E-state index contributed by atoms with van der Waals surface area (Å²) in [5.74, 6) is 0.642. The number of likely N-dealkylation sites (tertiary alicyclic amines) is 1. The molecule has 0 saturated carbocycles. The fourth-order valence-corrected chi connectivity index (χ4v) is 2.58. The van der Waals surface area contributed by atoms with Crippen molar-refractivity contribution in [3.8, 4) is 5.75 Å². The number of nitrogens with one attached hydrogen (secondary N) is 2. The van der Waals surface area contributed by atoms with Crippen LogP contribution in [0, 0.1) is 0 Å². The first-order valence-corrected chi connectivity index (χ1v) is 8.00. The summed E-state index contributed by atoms with van der Waals surface area (Å²) in [5.41, 5.74) is 0.616. The summed E-state index contributed by atoms with van der Waals surface area (Å²) in [7, 11) is 1.60. The number of carbonyl (C=O) groups excluding carboxylic acids is 2. The van der Waals surface area contributed by atoms with Gasteiger partial charge in [-0.3, -0.25) is 4.79 Å². The number of ether oxygens (including phenoxy) is 1. The number of piperidine rings is 1. The first-order chi connectivity index (χ1) is 11.0. The van der Waals surface area contributed by atoms with Gasteiger partial charge in [0.15, 0.2) is 0 Å². The van der Waals surface area contributed by atoms with Crippen molar-refractivity contribution < 1.29 is 14.3 Å². The second-order valence-electron chi connectivity index (χ2n) is 6.07. The van der Waals surface area contributed by atoms with Crippen LogP contribution in [0.3, 0.4) is 0 Å². The number of hydrogen-bond acceptors (Lipinski definition) is 3. The number of carbonyl (C=O) groups is 2. The lowest BCUT2D eigenvalue weighted by molar-refractivity contribution is 0.0917. The molecule has 3 amide bonds. The summed E-state index contributed by atoms with van der Waals surface area (Å²) < 4.78 is 5.09. The van der Waals surface area contributed by atoms with E-state index in [2.05, 4.69) is 10.6 Å². The molecule has 6 heteroatoms. The molecule has 0 bridgehead atoms. The highest BCUT2D eigenvalue weighted by molar-refractivity contribution is 5.94. The lowest BCUT2D eigenvalue weighted by Gasteiger charge is -2.32.